The Bertz CT molecular complexity index is 1030. The molecule has 4 N–H and O–H groups in total. The first-order chi connectivity index (χ1) is 13.4. The summed E-state index contributed by atoms with van der Waals surface area (Å²) in [6, 6.07) is 4.78. The third-order valence-corrected chi connectivity index (χ3v) is 5.22. The molecule has 0 radical (unpaired) electrons. The van der Waals surface area contributed by atoms with Crippen molar-refractivity contribution in [1.82, 2.24) is 9.24 Å². The number of aromatic nitrogens is 2. The van der Waals surface area contributed by atoms with E-state index in [0.29, 0.717) is 47.9 Å². The Labute approximate surface area is 161 Å². The van der Waals surface area contributed by atoms with Crippen LogP contribution in [0.1, 0.15) is 38.6 Å². The fourth-order valence-corrected chi connectivity index (χ4v) is 3.53. The highest BCUT2D eigenvalue weighted by atomic mass is 19.1. The molecule has 1 aliphatic carbocycles. The first kappa shape index (κ1) is 19.9. The van der Waals surface area contributed by atoms with E-state index >= 15 is 0 Å². The number of hydrogen-bond donors (Lipinski definition) is 2. The van der Waals surface area contributed by atoms with Crippen LogP contribution < -0.4 is 27.7 Å². The molecule has 1 aromatic heterocycles. The number of fused-ring (bicyclic) bond motifs is 1. The van der Waals surface area contributed by atoms with E-state index in [1.165, 1.54) is 10.6 Å². The fourth-order valence-electron chi connectivity index (χ4n) is 3.53. The van der Waals surface area contributed by atoms with Gasteiger partial charge in [0, 0.05) is 25.6 Å². The van der Waals surface area contributed by atoms with Crippen molar-refractivity contribution in [3.8, 4) is 6.07 Å². The van der Waals surface area contributed by atoms with Crippen LogP contribution in [0.25, 0.3) is 10.9 Å². The second-order valence-corrected chi connectivity index (χ2v) is 7.23. The summed E-state index contributed by atoms with van der Waals surface area (Å²) in [4.78, 5) is 26.6. The van der Waals surface area contributed by atoms with Crippen LogP contribution in [0.3, 0.4) is 0 Å². The monoisotopic (exact) mass is 388 g/mol. The highest BCUT2D eigenvalue weighted by molar-refractivity contribution is 5.83. The summed E-state index contributed by atoms with van der Waals surface area (Å²) in [5.41, 5.74) is 5.37. The smallest absolute Gasteiger partial charge is 0.350 e. The Hall–Kier alpha value is -2.86. The first-order valence-corrected chi connectivity index (χ1v) is 9.50. The zero-order valence-corrected chi connectivity index (χ0v) is 15.9. The average Bonchev–Trinajstić information content (AvgIpc) is 3.42. The van der Waals surface area contributed by atoms with Gasteiger partial charge in [0.25, 0.3) is 5.56 Å². The van der Waals surface area contributed by atoms with Crippen LogP contribution >= 0.6 is 0 Å². The molecule has 4 rings (SSSR count). The SMILES string of the molecule is CCC#N.NCC1CCN(c2cc3c(cc2F)c(=O)n(N)c(=O)n3C2CC2)C1. The Morgan fingerprint density at radius 3 is 2.50 bits per heavy atom. The minimum atomic E-state index is -0.668. The predicted octanol–water partition coefficient (Wildman–Crippen LogP) is 1.06. The van der Waals surface area contributed by atoms with Gasteiger partial charge in [-0.3, -0.25) is 9.36 Å². The van der Waals surface area contributed by atoms with Crippen molar-refractivity contribution in [3.63, 3.8) is 0 Å². The first-order valence-electron chi connectivity index (χ1n) is 9.50. The van der Waals surface area contributed by atoms with Crippen LogP contribution in [-0.4, -0.2) is 28.9 Å². The fraction of sp³-hybridized carbons (Fsp3) is 0.526. The quantitative estimate of drug-likeness (QED) is 0.758. The van der Waals surface area contributed by atoms with Gasteiger partial charge < -0.3 is 16.5 Å². The lowest BCUT2D eigenvalue weighted by molar-refractivity contribution is 0.597. The number of nitrogens with zero attached hydrogens (tertiary/aromatic N) is 4. The van der Waals surface area contributed by atoms with Gasteiger partial charge in [-0.1, -0.05) is 6.92 Å². The van der Waals surface area contributed by atoms with E-state index in [4.69, 9.17) is 16.8 Å². The average molecular weight is 388 g/mol. The molecule has 28 heavy (non-hydrogen) atoms. The number of benzene rings is 1. The van der Waals surface area contributed by atoms with Gasteiger partial charge in [0.15, 0.2) is 0 Å². The molecule has 0 spiro atoms. The number of halogens is 1. The van der Waals surface area contributed by atoms with E-state index in [2.05, 4.69) is 0 Å². The topological polar surface area (TPSA) is 123 Å². The van der Waals surface area contributed by atoms with E-state index in [-0.39, 0.29) is 11.4 Å². The van der Waals surface area contributed by atoms with Crippen molar-refractivity contribution in [2.24, 2.45) is 11.7 Å². The number of rotatable bonds is 3. The summed E-state index contributed by atoms with van der Waals surface area (Å²) >= 11 is 0. The zero-order valence-electron chi connectivity index (χ0n) is 15.9. The third-order valence-electron chi connectivity index (χ3n) is 5.22. The number of hydrogen-bond acceptors (Lipinski definition) is 6. The van der Waals surface area contributed by atoms with E-state index in [0.717, 1.165) is 19.3 Å². The van der Waals surface area contributed by atoms with Gasteiger partial charge in [0.05, 0.1) is 22.7 Å². The lowest BCUT2D eigenvalue weighted by Gasteiger charge is -2.21. The molecule has 1 aliphatic heterocycles. The van der Waals surface area contributed by atoms with Gasteiger partial charge >= 0.3 is 5.69 Å². The molecule has 2 aromatic rings. The molecular formula is C19H25FN6O2. The van der Waals surface area contributed by atoms with Crippen molar-refractivity contribution < 1.29 is 4.39 Å². The molecule has 1 aromatic carbocycles. The molecule has 8 nitrogen and oxygen atoms in total. The maximum atomic E-state index is 14.6. The normalized spacial score (nSPS) is 18.6. The van der Waals surface area contributed by atoms with Crippen LogP contribution in [0.4, 0.5) is 10.1 Å². The van der Waals surface area contributed by atoms with Crippen LogP contribution in [0.2, 0.25) is 0 Å². The minimum Gasteiger partial charge on any atom is -0.369 e. The second-order valence-electron chi connectivity index (χ2n) is 7.23. The number of nitrogens with two attached hydrogens (primary N) is 2. The lowest BCUT2D eigenvalue weighted by atomic mass is 10.1. The third kappa shape index (κ3) is 3.60. The van der Waals surface area contributed by atoms with Crippen molar-refractivity contribution in [2.45, 2.75) is 38.6 Å². The largest absolute Gasteiger partial charge is 0.369 e. The van der Waals surface area contributed by atoms with Gasteiger partial charge in [-0.15, -0.1) is 0 Å². The van der Waals surface area contributed by atoms with Crippen LogP contribution in [0, 0.1) is 23.1 Å². The Morgan fingerprint density at radius 2 is 1.96 bits per heavy atom. The molecule has 0 amide bonds. The van der Waals surface area contributed by atoms with Gasteiger partial charge in [-0.2, -0.15) is 9.94 Å². The Morgan fingerprint density at radius 1 is 1.29 bits per heavy atom. The van der Waals surface area contributed by atoms with Gasteiger partial charge in [0.1, 0.15) is 5.82 Å². The molecule has 2 heterocycles. The predicted molar refractivity (Wildman–Crippen MR) is 106 cm³/mol. The highest BCUT2D eigenvalue weighted by Gasteiger charge is 2.30. The van der Waals surface area contributed by atoms with Crippen LogP contribution in [0.5, 0.6) is 0 Å². The van der Waals surface area contributed by atoms with Gasteiger partial charge in [-0.25, -0.2) is 9.18 Å². The van der Waals surface area contributed by atoms with Crippen molar-refractivity contribution in [3.05, 3.63) is 38.8 Å². The number of nitrogen functional groups attached to an aromatic ring is 1. The minimum absolute atomic E-state index is 0.0316. The molecule has 2 aliphatic rings. The summed E-state index contributed by atoms with van der Waals surface area (Å²) in [5.74, 6) is 5.45. The summed E-state index contributed by atoms with van der Waals surface area (Å²) in [6.45, 7) is 3.78. The summed E-state index contributed by atoms with van der Waals surface area (Å²) < 4.78 is 16.7. The van der Waals surface area contributed by atoms with Crippen molar-refractivity contribution in [2.75, 3.05) is 30.4 Å². The molecule has 1 saturated carbocycles. The number of anilines is 1. The Kier molecular flexibility index (Phi) is 5.70. The van der Waals surface area contributed by atoms with Crippen molar-refractivity contribution in [1.29, 1.82) is 5.26 Å². The molecule has 0 bridgehead atoms. The van der Waals surface area contributed by atoms with Gasteiger partial charge in [0.2, 0.25) is 0 Å². The maximum Gasteiger partial charge on any atom is 0.350 e. The molecule has 2 fully saturated rings. The van der Waals surface area contributed by atoms with Crippen LogP contribution in [-0.2, 0) is 0 Å². The van der Waals surface area contributed by atoms with E-state index in [1.54, 1.807) is 6.07 Å². The number of nitriles is 1. The highest BCUT2D eigenvalue weighted by Crippen LogP contribution is 2.37. The van der Waals surface area contributed by atoms with E-state index < -0.39 is 17.1 Å². The van der Waals surface area contributed by atoms with Crippen molar-refractivity contribution >= 4 is 16.6 Å². The molecule has 9 heteroatoms. The zero-order chi connectivity index (χ0) is 20.4. The van der Waals surface area contributed by atoms with Gasteiger partial charge in [-0.05, 0) is 43.9 Å². The maximum absolute atomic E-state index is 14.6. The molecule has 150 valence electrons. The summed E-state index contributed by atoms with van der Waals surface area (Å²) in [7, 11) is 0. The molecule has 1 unspecified atom stereocenters. The standard InChI is InChI=1S/C16H20FN5O2.C3H5N/c17-12-5-11-13(6-14(12)20-4-3-9(7-18)8-20)21(10-1-2-10)16(24)22(19)15(11)23;1-2-3-4/h5-6,9-10H,1-4,7-8,18-19H2;2H2,1H3. The lowest BCUT2D eigenvalue weighted by Crippen LogP contribution is -2.44. The molecular weight excluding hydrogens is 363 g/mol. The molecule has 1 saturated heterocycles. The molecule has 1 atom stereocenters. The van der Waals surface area contributed by atoms with Crippen LogP contribution in [0.15, 0.2) is 21.7 Å². The Balaban J connectivity index is 0.000000516. The summed E-state index contributed by atoms with van der Waals surface area (Å²) in [6.07, 6.45) is 3.26. The van der Waals surface area contributed by atoms with E-state index in [9.17, 15) is 14.0 Å². The van der Waals surface area contributed by atoms with E-state index in [1.807, 2.05) is 17.9 Å². The summed E-state index contributed by atoms with van der Waals surface area (Å²) in [5, 5.41) is 7.76. The second kappa shape index (κ2) is 8.02.